The van der Waals surface area contributed by atoms with Gasteiger partial charge >= 0.3 is 34.5 Å². The molecule has 0 heterocycles. The molecule has 1 atom stereocenters. The molecule has 0 bridgehead atoms. The standard InChI is InChI=1S/C44H32P2.C19H24N2O2.2ClH.Ru/c1-5-19-35(20-6-1)45(36-21-7-2-8-22-36)41-31-29-33-17-13-15-27-39(33)43(41)44-40-28-16-14-18-34(40)30-32-42(44)46(37-23-9-3-10-24-37)38-25-11-4-12-26-38;1-13(2)18(20)19(21,14-5-9-16(22-3)10-6-14)15-7-11-17(23-4)12-8-15;;;/h1-32H;5-13,18,20-21H,1-4H3;2*1H;/q;-2;;;+4/t;18-;;;/m.0.../s1. The summed E-state index contributed by atoms with van der Waals surface area (Å²) >= 11 is -0.346. The third kappa shape index (κ3) is 11.7. The molecular weight excluding hydrogens is 1050 g/mol. The van der Waals surface area contributed by atoms with Gasteiger partial charge in [0.15, 0.2) is 0 Å². The molecule has 0 fully saturated rings. The van der Waals surface area contributed by atoms with Gasteiger partial charge in [-0.3, -0.25) is 0 Å². The van der Waals surface area contributed by atoms with Gasteiger partial charge in [0.2, 0.25) is 0 Å². The van der Waals surface area contributed by atoms with E-state index in [9.17, 15) is 0 Å². The zero-order chi connectivity index (χ0) is 50.5. The van der Waals surface area contributed by atoms with Gasteiger partial charge < -0.3 is 20.9 Å². The second-order valence-corrected chi connectivity index (χ2v) is 25.2. The monoisotopic (exact) mass is 1110 g/mol. The van der Waals surface area contributed by atoms with E-state index in [1.165, 1.54) is 64.5 Å². The van der Waals surface area contributed by atoms with Crippen LogP contribution in [-0.2, 0) is 20.7 Å². The number of hydrogen-bond acceptors (Lipinski definition) is 2. The zero-order valence-corrected chi connectivity index (χ0v) is 45.9. The van der Waals surface area contributed by atoms with E-state index < -0.39 is 27.4 Å². The summed E-state index contributed by atoms with van der Waals surface area (Å²) in [6, 6.07) is 86.5. The molecule has 0 aromatic heterocycles. The van der Waals surface area contributed by atoms with Gasteiger partial charge in [-0.2, -0.15) is 0 Å². The van der Waals surface area contributed by atoms with Crippen molar-refractivity contribution in [3.63, 3.8) is 0 Å². The van der Waals surface area contributed by atoms with Crippen LogP contribution in [0, 0.1) is 5.92 Å². The molecule has 362 valence electrons. The second kappa shape index (κ2) is 25.3. The molecule has 9 heteroatoms. The number of fused-ring (bicyclic) bond motifs is 2. The predicted molar refractivity (Wildman–Crippen MR) is 313 cm³/mol. The minimum atomic E-state index is -1.37. The minimum Gasteiger partial charge on any atom is -0.0620 e. The summed E-state index contributed by atoms with van der Waals surface area (Å²) in [4.78, 5) is 0. The maximum atomic E-state index is 9.12. The third-order valence-electron chi connectivity index (χ3n) is 13.1. The number of methoxy groups -OCH3 is 2. The van der Waals surface area contributed by atoms with Gasteiger partial charge in [0.25, 0.3) is 0 Å². The van der Waals surface area contributed by atoms with Crippen LogP contribution < -0.4 is 41.3 Å². The number of rotatable bonds is 13. The van der Waals surface area contributed by atoms with Crippen LogP contribution in [0.1, 0.15) is 25.0 Å². The molecule has 0 radical (unpaired) electrons. The van der Waals surface area contributed by atoms with Crippen LogP contribution in [-0.4, -0.2) is 20.3 Å². The van der Waals surface area contributed by atoms with Crippen LogP contribution in [0.15, 0.2) is 243 Å². The van der Waals surface area contributed by atoms with Crippen LogP contribution in [0.5, 0.6) is 11.5 Å². The predicted octanol–water partition coefficient (Wildman–Crippen LogP) is 15.1. The first kappa shape index (κ1) is 52.6. The fourth-order valence-corrected chi connectivity index (χ4v) is 15.1. The number of ether oxygens (including phenoxy) is 2. The fraction of sp³-hybridized carbons (Fsp3) is 0.111. The van der Waals surface area contributed by atoms with Crippen LogP contribution in [0.2, 0.25) is 0 Å². The molecule has 0 saturated carbocycles. The molecule has 0 aliphatic rings. The summed E-state index contributed by atoms with van der Waals surface area (Å²) in [6.45, 7) is 3.96. The second-order valence-electron chi connectivity index (χ2n) is 17.7. The molecule has 10 aromatic carbocycles. The Morgan fingerprint density at radius 1 is 0.417 bits per heavy atom. The van der Waals surface area contributed by atoms with E-state index in [0.717, 1.165) is 22.6 Å². The topological polar surface area (TPSA) is 66.1 Å². The van der Waals surface area contributed by atoms with Crippen molar-refractivity contribution in [2.24, 2.45) is 5.92 Å². The Bertz CT molecular complexity index is 2990. The van der Waals surface area contributed by atoms with Crippen LogP contribution in [0.4, 0.5) is 0 Å². The van der Waals surface area contributed by atoms with Crippen molar-refractivity contribution in [2.75, 3.05) is 14.2 Å². The molecule has 2 N–H and O–H groups in total. The van der Waals surface area contributed by atoms with E-state index in [1.807, 2.05) is 62.4 Å². The van der Waals surface area contributed by atoms with Crippen molar-refractivity contribution in [1.29, 1.82) is 0 Å². The Morgan fingerprint density at radius 3 is 1.00 bits per heavy atom. The molecule has 0 aliphatic carbocycles. The van der Waals surface area contributed by atoms with Crippen molar-refractivity contribution in [2.45, 2.75) is 25.4 Å². The summed E-state index contributed by atoms with van der Waals surface area (Å²) in [7, 11) is 10.2. The first-order valence-electron chi connectivity index (χ1n) is 23.8. The minimum absolute atomic E-state index is 0.0525. The van der Waals surface area contributed by atoms with Crippen molar-refractivity contribution in [3.8, 4) is 22.6 Å². The molecule has 4 nitrogen and oxygen atoms in total. The van der Waals surface area contributed by atoms with E-state index in [-0.39, 0.29) is 21.1 Å². The van der Waals surface area contributed by atoms with Gasteiger partial charge in [-0.1, -0.05) is 194 Å². The van der Waals surface area contributed by atoms with E-state index >= 15 is 0 Å². The molecule has 0 saturated heterocycles. The van der Waals surface area contributed by atoms with E-state index in [0.29, 0.717) is 0 Å². The molecule has 0 aliphatic heterocycles. The molecule has 0 spiro atoms. The summed E-state index contributed by atoms with van der Waals surface area (Å²) in [6.07, 6.45) is 0. The largest absolute Gasteiger partial charge is 0.111 e. The van der Waals surface area contributed by atoms with Gasteiger partial charge in [-0.25, -0.2) is 0 Å². The van der Waals surface area contributed by atoms with Crippen molar-refractivity contribution in [3.05, 3.63) is 265 Å². The Kier molecular flexibility index (Phi) is 18.5. The van der Waals surface area contributed by atoms with Gasteiger partial charge in [-0.05, 0) is 106 Å². The van der Waals surface area contributed by atoms with Gasteiger partial charge in [0.1, 0.15) is 43.3 Å². The van der Waals surface area contributed by atoms with E-state index in [1.54, 1.807) is 14.2 Å². The van der Waals surface area contributed by atoms with Gasteiger partial charge in [0.05, 0.1) is 30.1 Å². The Hall–Kier alpha value is -5.70. The third-order valence-corrected chi connectivity index (χ3v) is 18.7. The number of halogens is 2. The van der Waals surface area contributed by atoms with Gasteiger partial charge in [-0.15, -0.1) is 6.04 Å². The summed E-state index contributed by atoms with van der Waals surface area (Å²) in [5.41, 5.74) is 20.9. The SMILES string of the molecule is COc1ccc(C([NH-])(c2ccc(OC)cc2)[C@@H]([NH-])C(C)C)cc1.[Cl][Ru+2][Cl].c1ccc([PH+](c2ccccc2)c2ccc3ccccc3c2-c2c([PH+](c3ccccc3)c3ccccc3)ccc3ccccc23)cc1. The Morgan fingerprint density at radius 2 is 0.708 bits per heavy atom. The first-order valence-corrected chi connectivity index (χ1v) is 31.3. The summed E-state index contributed by atoms with van der Waals surface area (Å²) in [5.74, 6) is 1.55. The van der Waals surface area contributed by atoms with Crippen LogP contribution in [0.3, 0.4) is 0 Å². The number of nitrogens with one attached hydrogen (secondary N) is 2. The molecule has 0 unspecified atom stereocenters. The molecular formula is C63H58Cl2N2O2P2Ru+2. The molecule has 10 rings (SSSR count). The Balaban J connectivity index is 0.000000224. The molecule has 72 heavy (non-hydrogen) atoms. The van der Waals surface area contributed by atoms with Gasteiger partial charge in [0, 0.05) is 11.1 Å². The average molecular weight is 1110 g/mol. The summed E-state index contributed by atoms with van der Waals surface area (Å²) in [5, 5.41) is 13.6. The van der Waals surface area contributed by atoms with Crippen LogP contribution in [0.25, 0.3) is 44.1 Å². The van der Waals surface area contributed by atoms with Crippen molar-refractivity contribution < 1.29 is 24.6 Å². The molecule has 0 amide bonds. The van der Waals surface area contributed by atoms with E-state index in [4.69, 9.17) is 40.3 Å². The fourth-order valence-electron chi connectivity index (χ4n) is 9.61. The van der Waals surface area contributed by atoms with Crippen LogP contribution >= 0.6 is 35.2 Å². The summed E-state index contributed by atoms with van der Waals surface area (Å²) < 4.78 is 10.4. The number of benzene rings is 10. The normalized spacial score (nSPS) is 11.7. The van der Waals surface area contributed by atoms with Crippen molar-refractivity contribution >= 4 is 88.6 Å². The first-order chi connectivity index (χ1) is 35.2. The number of hydrogen-bond donors (Lipinski definition) is 0. The maximum Gasteiger partial charge on any atom is 0.111 e. The maximum absolute atomic E-state index is 9.12. The van der Waals surface area contributed by atoms with E-state index in [2.05, 4.69) is 194 Å². The zero-order valence-electron chi connectivity index (χ0n) is 40.7. The smallest absolute Gasteiger partial charge is 0.0620 e. The Labute approximate surface area is 443 Å². The average Bonchev–Trinajstić information content (AvgIpc) is 3.44. The molecule has 10 aromatic rings. The van der Waals surface area contributed by atoms with Crippen molar-refractivity contribution in [1.82, 2.24) is 0 Å². The quantitative estimate of drug-likeness (QED) is 0.0853.